The molecule has 2 rings (SSSR count). The van der Waals surface area contributed by atoms with Crippen LogP contribution in [0.1, 0.15) is 20.7 Å². The maximum atomic E-state index is 11.8. The molecule has 0 unspecified atom stereocenters. The maximum Gasteiger partial charge on any atom is 0.322 e. The van der Waals surface area contributed by atoms with Crippen molar-refractivity contribution in [2.75, 3.05) is 5.32 Å². The monoisotopic (exact) mass is 295 g/mol. The molecule has 0 saturated heterocycles. The Balaban J connectivity index is 2.24. The number of carbonyl (C=O) groups is 2. The molecule has 1 aromatic carbocycles. The standard InChI is InChI=1S/C10H6BrN3O3/c11-8-2-6(4-15)1-7(3-8)9(16)13-10-14-12-5-17-10/h1-5H,(H,13,14,16). The molecule has 0 fully saturated rings. The highest BCUT2D eigenvalue weighted by Gasteiger charge is 2.10. The number of hydrogen-bond donors (Lipinski definition) is 1. The largest absolute Gasteiger partial charge is 0.411 e. The van der Waals surface area contributed by atoms with Crippen LogP contribution in [0.25, 0.3) is 0 Å². The van der Waals surface area contributed by atoms with E-state index in [1.165, 1.54) is 6.07 Å². The zero-order valence-corrected chi connectivity index (χ0v) is 9.97. The van der Waals surface area contributed by atoms with Crippen LogP contribution in [-0.2, 0) is 0 Å². The van der Waals surface area contributed by atoms with E-state index < -0.39 is 5.91 Å². The number of aromatic nitrogens is 2. The first-order chi connectivity index (χ1) is 8.19. The van der Waals surface area contributed by atoms with Gasteiger partial charge in [0.25, 0.3) is 5.91 Å². The first kappa shape index (κ1) is 11.5. The molecular formula is C10H6BrN3O3. The summed E-state index contributed by atoms with van der Waals surface area (Å²) in [6, 6.07) is 4.65. The Bertz CT molecular complexity index is 554. The van der Waals surface area contributed by atoms with Crippen molar-refractivity contribution in [3.05, 3.63) is 40.2 Å². The summed E-state index contributed by atoms with van der Waals surface area (Å²) in [4.78, 5) is 22.4. The van der Waals surface area contributed by atoms with Gasteiger partial charge >= 0.3 is 6.01 Å². The van der Waals surface area contributed by atoms with Crippen LogP contribution in [0.5, 0.6) is 0 Å². The molecule has 1 heterocycles. The predicted octanol–water partition coefficient (Wildman–Crippen LogP) is 1.90. The molecule has 0 aliphatic heterocycles. The van der Waals surface area contributed by atoms with Crippen LogP contribution in [0, 0.1) is 0 Å². The molecule has 17 heavy (non-hydrogen) atoms. The zero-order chi connectivity index (χ0) is 12.3. The zero-order valence-electron chi connectivity index (χ0n) is 8.38. The molecule has 1 aromatic heterocycles. The number of nitrogens with one attached hydrogen (secondary N) is 1. The van der Waals surface area contributed by atoms with Crippen molar-refractivity contribution in [1.29, 1.82) is 0 Å². The Labute approximate surface area is 104 Å². The molecule has 0 spiro atoms. The Morgan fingerprint density at radius 1 is 1.41 bits per heavy atom. The van der Waals surface area contributed by atoms with Gasteiger partial charge in [-0.3, -0.25) is 14.9 Å². The summed E-state index contributed by atoms with van der Waals surface area (Å²) in [6.07, 6.45) is 1.77. The SMILES string of the molecule is O=Cc1cc(Br)cc(C(=O)Nc2nnco2)c1. The number of nitrogens with zero attached hydrogens (tertiary/aromatic N) is 2. The van der Waals surface area contributed by atoms with Crippen LogP contribution in [0.4, 0.5) is 6.01 Å². The number of hydrogen-bond acceptors (Lipinski definition) is 5. The van der Waals surface area contributed by atoms with E-state index in [4.69, 9.17) is 4.42 Å². The van der Waals surface area contributed by atoms with Crippen molar-refractivity contribution in [3.8, 4) is 0 Å². The van der Waals surface area contributed by atoms with Gasteiger partial charge in [0.2, 0.25) is 6.39 Å². The number of rotatable bonds is 3. The van der Waals surface area contributed by atoms with Gasteiger partial charge in [-0.15, -0.1) is 5.10 Å². The summed E-state index contributed by atoms with van der Waals surface area (Å²) < 4.78 is 5.41. The van der Waals surface area contributed by atoms with E-state index in [9.17, 15) is 9.59 Å². The second kappa shape index (κ2) is 4.88. The van der Waals surface area contributed by atoms with Gasteiger partial charge in [-0.2, -0.15) is 0 Å². The average Bonchev–Trinajstić information content (AvgIpc) is 2.81. The molecular weight excluding hydrogens is 290 g/mol. The Kier molecular flexibility index (Phi) is 3.29. The average molecular weight is 296 g/mol. The molecule has 1 N–H and O–H groups in total. The minimum atomic E-state index is -0.432. The summed E-state index contributed by atoms with van der Waals surface area (Å²) >= 11 is 3.21. The van der Waals surface area contributed by atoms with Crippen LogP contribution in [0.15, 0.2) is 33.5 Å². The molecule has 0 atom stereocenters. The van der Waals surface area contributed by atoms with Gasteiger partial charge in [0.05, 0.1) is 0 Å². The Morgan fingerprint density at radius 3 is 2.88 bits per heavy atom. The minimum Gasteiger partial charge on any atom is -0.411 e. The molecule has 0 saturated carbocycles. The summed E-state index contributed by atoms with van der Waals surface area (Å²) in [5.41, 5.74) is 0.717. The lowest BCUT2D eigenvalue weighted by Gasteiger charge is -2.02. The van der Waals surface area contributed by atoms with Gasteiger partial charge in [0.15, 0.2) is 0 Å². The number of benzene rings is 1. The molecule has 2 aromatic rings. The summed E-state index contributed by atoms with van der Waals surface area (Å²) in [5, 5.41) is 9.34. The third kappa shape index (κ3) is 2.76. The van der Waals surface area contributed by atoms with Crippen molar-refractivity contribution < 1.29 is 14.0 Å². The molecule has 86 valence electrons. The third-order valence-corrected chi connectivity index (χ3v) is 2.36. The van der Waals surface area contributed by atoms with E-state index >= 15 is 0 Å². The first-order valence-corrected chi connectivity index (χ1v) is 5.31. The van der Waals surface area contributed by atoms with Gasteiger partial charge < -0.3 is 4.42 Å². The number of halogens is 1. The molecule has 0 bridgehead atoms. The number of aldehydes is 1. The van der Waals surface area contributed by atoms with E-state index in [2.05, 4.69) is 31.4 Å². The van der Waals surface area contributed by atoms with Crippen molar-refractivity contribution in [1.82, 2.24) is 10.2 Å². The fourth-order valence-corrected chi connectivity index (χ4v) is 1.72. The fraction of sp³-hybridized carbons (Fsp3) is 0. The topological polar surface area (TPSA) is 85.1 Å². The summed E-state index contributed by atoms with van der Waals surface area (Å²) in [5.74, 6) is -0.432. The molecule has 0 aliphatic rings. The number of carbonyl (C=O) groups excluding carboxylic acids is 2. The van der Waals surface area contributed by atoms with E-state index in [-0.39, 0.29) is 6.01 Å². The predicted molar refractivity (Wildman–Crippen MR) is 61.8 cm³/mol. The van der Waals surface area contributed by atoms with Crippen molar-refractivity contribution in [2.24, 2.45) is 0 Å². The van der Waals surface area contributed by atoms with Crippen molar-refractivity contribution >= 4 is 34.1 Å². The Morgan fingerprint density at radius 2 is 2.24 bits per heavy atom. The van der Waals surface area contributed by atoms with Gasteiger partial charge in [0, 0.05) is 15.6 Å². The quantitative estimate of drug-likeness (QED) is 0.874. The lowest BCUT2D eigenvalue weighted by Crippen LogP contribution is -2.12. The lowest BCUT2D eigenvalue weighted by atomic mass is 10.1. The maximum absolute atomic E-state index is 11.8. The Hall–Kier alpha value is -2.02. The van der Waals surface area contributed by atoms with Crippen molar-refractivity contribution in [2.45, 2.75) is 0 Å². The minimum absolute atomic E-state index is 0.00243. The molecule has 0 aliphatic carbocycles. The number of anilines is 1. The normalized spacial score (nSPS) is 9.94. The van der Waals surface area contributed by atoms with Crippen molar-refractivity contribution in [3.63, 3.8) is 0 Å². The van der Waals surface area contributed by atoms with E-state index in [0.29, 0.717) is 21.9 Å². The second-order valence-corrected chi connectivity index (χ2v) is 4.00. The van der Waals surface area contributed by atoms with Crippen LogP contribution in [0.3, 0.4) is 0 Å². The highest BCUT2D eigenvalue weighted by atomic mass is 79.9. The fourth-order valence-electron chi connectivity index (χ4n) is 1.21. The third-order valence-electron chi connectivity index (χ3n) is 1.90. The van der Waals surface area contributed by atoms with Crippen LogP contribution in [0.2, 0.25) is 0 Å². The molecule has 6 nitrogen and oxygen atoms in total. The molecule has 1 amide bonds. The summed E-state index contributed by atoms with van der Waals surface area (Å²) in [6.45, 7) is 0. The lowest BCUT2D eigenvalue weighted by molar-refractivity contribution is 0.102. The molecule has 0 radical (unpaired) electrons. The highest BCUT2D eigenvalue weighted by molar-refractivity contribution is 9.10. The second-order valence-electron chi connectivity index (χ2n) is 3.09. The van der Waals surface area contributed by atoms with Gasteiger partial charge in [-0.25, -0.2) is 0 Å². The van der Waals surface area contributed by atoms with E-state index in [1.807, 2.05) is 0 Å². The van der Waals surface area contributed by atoms with Crippen LogP contribution in [-0.4, -0.2) is 22.4 Å². The van der Waals surface area contributed by atoms with Gasteiger partial charge in [0.1, 0.15) is 6.29 Å². The first-order valence-electron chi connectivity index (χ1n) is 4.52. The summed E-state index contributed by atoms with van der Waals surface area (Å²) in [7, 11) is 0. The van der Waals surface area contributed by atoms with E-state index in [0.717, 1.165) is 6.39 Å². The number of amides is 1. The van der Waals surface area contributed by atoms with Crippen LogP contribution >= 0.6 is 15.9 Å². The van der Waals surface area contributed by atoms with E-state index in [1.54, 1.807) is 12.1 Å². The van der Waals surface area contributed by atoms with Crippen LogP contribution < -0.4 is 5.32 Å². The van der Waals surface area contributed by atoms with Gasteiger partial charge in [-0.1, -0.05) is 21.0 Å². The highest BCUT2D eigenvalue weighted by Crippen LogP contribution is 2.16. The van der Waals surface area contributed by atoms with Gasteiger partial charge in [-0.05, 0) is 18.2 Å². The smallest absolute Gasteiger partial charge is 0.322 e. The molecule has 7 heteroatoms.